The summed E-state index contributed by atoms with van der Waals surface area (Å²) in [5, 5.41) is 5.13. The number of nitrogens with one attached hydrogen (secondary N) is 1. The fourth-order valence-corrected chi connectivity index (χ4v) is 4.22. The van der Waals surface area contributed by atoms with Crippen molar-refractivity contribution in [2.45, 2.75) is 59.8 Å². The van der Waals surface area contributed by atoms with E-state index in [2.05, 4.69) is 23.9 Å². The van der Waals surface area contributed by atoms with Crippen molar-refractivity contribution in [2.24, 2.45) is 5.41 Å². The summed E-state index contributed by atoms with van der Waals surface area (Å²) < 4.78 is 16.6. The quantitative estimate of drug-likeness (QED) is 0.654. The lowest BCUT2D eigenvalue weighted by Gasteiger charge is -2.29. The van der Waals surface area contributed by atoms with Crippen LogP contribution in [0.1, 0.15) is 68.5 Å². The highest BCUT2D eigenvalue weighted by atomic mass is 19.1. The van der Waals surface area contributed by atoms with Crippen molar-refractivity contribution >= 4 is 16.6 Å². The Labute approximate surface area is 168 Å². The number of fused-ring (bicyclic) bond motifs is 2. The highest BCUT2D eigenvalue weighted by Gasteiger charge is 2.35. The molecule has 1 aliphatic carbocycles. The lowest BCUT2D eigenvalue weighted by atomic mass is 9.75. The van der Waals surface area contributed by atoms with Crippen molar-refractivity contribution in [3.63, 3.8) is 0 Å². The van der Waals surface area contributed by atoms with E-state index in [9.17, 15) is 14.0 Å². The molecule has 0 fully saturated rings. The van der Waals surface area contributed by atoms with Crippen LogP contribution in [0.25, 0.3) is 16.5 Å². The van der Waals surface area contributed by atoms with E-state index in [1.54, 1.807) is 10.7 Å². The highest BCUT2D eigenvalue weighted by molar-refractivity contribution is 6.00. The number of benzene rings is 1. The van der Waals surface area contributed by atoms with Crippen molar-refractivity contribution in [3.8, 4) is 5.69 Å². The van der Waals surface area contributed by atoms with E-state index in [-0.39, 0.29) is 22.0 Å². The van der Waals surface area contributed by atoms with E-state index in [0.717, 1.165) is 11.4 Å². The van der Waals surface area contributed by atoms with Gasteiger partial charge in [0.25, 0.3) is 5.56 Å². The molecule has 1 aliphatic rings. The third-order valence-corrected chi connectivity index (χ3v) is 5.65. The van der Waals surface area contributed by atoms with E-state index in [1.165, 1.54) is 6.07 Å². The first-order valence-electron chi connectivity index (χ1n) is 9.86. The predicted molar refractivity (Wildman–Crippen MR) is 112 cm³/mol. The first-order chi connectivity index (χ1) is 13.4. The molecule has 6 heteroatoms. The van der Waals surface area contributed by atoms with E-state index >= 15 is 0 Å². The molecule has 3 aromatic rings. The van der Waals surface area contributed by atoms with Gasteiger partial charge in [0.1, 0.15) is 5.82 Å². The minimum Gasteiger partial charge on any atom is -0.325 e. The second-order valence-electron chi connectivity index (χ2n) is 9.91. The number of aryl methyl sites for hydroxylation is 1. The van der Waals surface area contributed by atoms with Crippen LogP contribution < -0.4 is 5.56 Å². The highest BCUT2D eigenvalue weighted by Crippen LogP contribution is 2.37. The molecule has 2 aromatic heterocycles. The number of Topliss-reactive ketones (excluding diaryl/α,β-unsaturated/α-hetero) is 1. The van der Waals surface area contributed by atoms with Crippen molar-refractivity contribution in [1.29, 1.82) is 0 Å². The molecule has 1 N–H and O–H groups in total. The average Bonchev–Trinajstić information content (AvgIpc) is 2.88. The van der Waals surface area contributed by atoms with Crippen LogP contribution in [0, 0.1) is 18.2 Å². The molecule has 0 amide bonds. The van der Waals surface area contributed by atoms with Gasteiger partial charge in [0.15, 0.2) is 5.78 Å². The van der Waals surface area contributed by atoms with Crippen LogP contribution in [0.4, 0.5) is 4.39 Å². The summed E-state index contributed by atoms with van der Waals surface area (Å²) in [5.74, 6) is -0.518. The Morgan fingerprint density at radius 2 is 1.83 bits per heavy atom. The third kappa shape index (κ3) is 3.20. The fourth-order valence-electron chi connectivity index (χ4n) is 4.22. The molecule has 0 aliphatic heterocycles. The molecule has 0 saturated heterocycles. The van der Waals surface area contributed by atoms with Gasteiger partial charge in [-0.15, -0.1) is 0 Å². The number of nitrogens with zero attached hydrogens (tertiary/aromatic N) is 2. The zero-order valence-electron chi connectivity index (χ0n) is 17.7. The smallest absolute Gasteiger partial charge is 0.259 e. The maximum Gasteiger partial charge on any atom is 0.259 e. The number of aromatic amines is 1. The second kappa shape index (κ2) is 6.12. The van der Waals surface area contributed by atoms with Crippen LogP contribution in [0.5, 0.6) is 0 Å². The Hall–Kier alpha value is -2.76. The number of aromatic nitrogens is 3. The molecule has 0 radical (unpaired) electrons. The molecule has 29 heavy (non-hydrogen) atoms. The van der Waals surface area contributed by atoms with Crippen LogP contribution in [-0.2, 0) is 11.8 Å². The van der Waals surface area contributed by atoms with E-state index < -0.39 is 11.4 Å². The molecule has 0 bridgehead atoms. The number of hydrogen-bond donors (Lipinski definition) is 1. The molecule has 0 atom stereocenters. The SMILES string of the molecule is Cc1nn(-c2cc(F)c3c(=O)[nH]c(C(C)(C)C)cc3c2)c2c1C(=O)CC(C)(C)C2. The second-order valence-corrected chi connectivity index (χ2v) is 9.91. The average molecular weight is 395 g/mol. The van der Waals surface area contributed by atoms with Gasteiger partial charge in [-0.25, -0.2) is 9.07 Å². The molecule has 0 spiro atoms. The number of hydrogen-bond acceptors (Lipinski definition) is 3. The Morgan fingerprint density at radius 3 is 2.48 bits per heavy atom. The molecule has 152 valence electrons. The number of rotatable bonds is 1. The minimum atomic E-state index is -0.595. The molecule has 4 rings (SSSR count). The van der Waals surface area contributed by atoms with Crippen molar-refractivity contribution in [2.75, 3.05) is 0 Å². The number of halogens is 1. The largest absolute Gasteiger partial charge is 0.325 e. The molecular weight excluding hydrogens is 369 g/mol. The topological polar surface area (TPSA) is 67.8 Å². The van der Waals surface area contributed by atoms with Gasteiger partial charge in [-0.1, -0.05) is 34.6 Å². The lowest BCUT2D eigenvalue weighted by Crippen LogP contribution is -2.28. The number of carbonyl (C=O) groups excluding carboxylic acids is 1. The zero-order chi connectivity index (χ0) is 21.3. The first kappa shape index (κ1) is 19.6. The number of ketones is 1. The summed E-state index contributed by atoms with van der Waals surface area (Å²) in [4.78, 5) is 28.0. The van der Waals surface area contributed by atoms with Crippen LogP contribution >= 0.6 is 0 Å². The molecule has 0 unspecified atom stereocenters. The van der Waals surface area contributed by atoms with Crippen LogP contribution in [0.3, 0.4) is 0 Å². The third-order valence-electron chi connectivity index (χ3n) is 5.65. The molecule has 1 aromatic carbocycles. The van der Waals surface area contributed by atoms with E-state index in [0.29, 0.717) is 35.2 Å². The maximum absolute atomic E-state index is 15.0. The molecule has 2 heterocycles. The van der Waals surface area contributed by atoms with Gasteiger partial charge >= 0.3 is 0 Å². The molecular formula is C23H26FN3O2. The van der Waals surface area contributed by atoms with Crippen LogP contribution in [-0.4, -0.2) is 20.5 Å². The number of carbonyl (C=O) groups is 1. The van der Waals surface area contributed by atoms with E-state index in [1.807, 2.05) is 33.8 Å². The summed E-state index contributed by atoms with van der Waals surface area (Å²) in [6, 6.07) is 4.93. The van der Waals surface area contributed by atoms with Gasteiger partial charge in [-0.3, -0.25) is 9.59 Å². The summed E-state index contributed by atoms with van der Waals surface area (Å²) in [5.41, 5.74) is 2.47. The number of H-pyrrole nitrogens is 1. The van der Waals surface area contributed by atoms with Crippen LogP contribution in [0.15, 0.2) is 23.0 Å². The van der Waals surface area contributed by atoms with Gasteiger partial charge in [0, 0.05) is 23.6 Å². The van der Waals surface area contributed by atoms with Gasteiger partial charge in [-0.2, -0.15) is 5.10 Å². The van der Waals surface area contributed by atoms with E-state index in [4.69, 9.17) is 0 Å². The van der Waals surface area contributed by atoms with Gasteiger partial charge in [0.05, 0.1) is 28.0 Å². The molecule has 5 nitrogen and oxygen atoms in total. The standard InChI is InChI=1S/C23H26FN3O2/c1-12-19-16(10-23(5,6)11-17(19)28)27(26-12)14-7-13-8-18(22(2,3)4)25-21(29)20(13)15(24)9-14/h7-9H,10-11H2,1-6H3,(H,25,29). The normalized spacial score (nSPS) is 16.3. The molecule has 0 saturated carbocycles. The Balaban J connectivity index is 1.98. The van der Waals surface area contributed by atoms with Crippen molar-refractivity contribution in [3.05, 3.63) is 57.0 Å². The lowest BCUT2D eigenvalue weighted by molar-refractivity contribution is 0.0910. The summed E-state index contributed by atoms with van der Waals surface area (Å²) in [7, 11) is 0. The summed E-state index contributed by atoms with van der Waals surface area (Å²) in [6.07, 6.45) is 1.15. The van der Waals surface area contributed by atoms with Crippen LogP contribution in [0.2, 0.25) is 0 Å². The maximum atomic E-state index is 15.0. The van der Waals surface area contributed by atoms with Gasteiger partial charge in [-0.05, 0) is 36.3 Å². The Kier molecular flexibility index (Phi) is 4.12. The zero-order valence-corrected chi connectivity index (χ0v) is 17.7. The Bertz CT molecular complexity index is 1230. The Morgan fingerprint density at radius 1 is 1.14 bits per heavy atom. The van der Waals surface area contributed by atoms with Gasteiger partial charge < -0.3 is 4.98 Å². The predicted octanol–water partition coefficient (Wildman–Crippen LogP) is 4.61. The minimum absolute atomic E-state index is 0.0379. The summed E-state index contributed by atoms with van der Waals surface area (Å²) in [6.45, 7) is 11.9. The van der Waals surface area contributed by atoms with Crippen molar-refractivity contribution < 1.29 is 9.18 Å². The van der Waals surface area contributed by atoms with Gasteiger partial charge in [0.2, 0.25) is 0 Å². The fraction of sp³-hybridized carbons (Fsp3) is 0.435. The number of pyridine rings is 1. The van der Waals surface area contributed by atoms with Crippen molar-refractivity contribution in [1.82, 2.24) is 14.8 Å². The monoisotopic (exact) mass is 395 g/mol. The first-order valence-corrected chi connectivity index (χ1v) is 9.86. The summed E-state index contributed by atoms with van der Waals surface area (Å²) >= 11 is 0.